The molecule has 11 heteroatoms. The van der Waals surface area contributed by atoms with Crippen LogP contribution in [0.3, 0.4) is 0 Å². The number of nitrogens with zero attached hydrogens (tertiary/aromatic N) is 2. The topological polar surface area (TPSA) is 238 Å². The van der Waals surface area contributed by atoms with E-state index in [1.54, 1.807) is 12.1 Å². The molecule has 0 aliphatic carbocycles. The van der Waals surface area contributed by atoms with E-state index in [1.165, 1.54) is 36.9 Å². The zero-order valence-electron chi connectivity index (χ0n) is 12.2. The molecule has 2 heterocycles. The summed E-state index contributed by atoms with van der Waals surface area (Å²) in [5, 5.41) is 20.1. The predicted molar refractivity (Wildman–Crippen MR) is 76.6 cm³/mol. The fraction of sp³-hybridized carbons (Fsp3) is 0. The van der Waals surface area contributed by atoms with Crippen LogP contribution in [0.2, 0.25) is 0 Å². The molecule has 2 aromatic heterocycles. The summed E-state index contributed by atoms with van der Waals surface area (Å²) in [7, 11) is 0. The Balaban J connectivity index is -0.0000000771. The van der Waals surface area contributed by atoms with Gasteiger partial charge in [-0.1, -0.05) is 12.1 Å². The van der Waals surface area contributed by atoms with Gasteiger partial charge >= 0.3 is 27.3 Å². The van der Waals surface area contributed by atoms with Crippen molar-refractivity contribution in [3.8, 4) is 0 Å². The number of hydrogen-bond acceptors (Lipinski definition) is 6. The molecule has 2 aromatic rings. The van der Waals surface area contributed by atoms with Gasteiger partial charge in [-0.25, -0.2) is 0 Å². The van der Waals surface area contributed by atoms with Crippen molar-refractivity contribution >= 4 is 11.9 Å². The summed E-state index contributed by atoms with van der Waals surface area (Å²) in [6.45, 7) is 0. The van der Waals surface area contributed by atoms with Gasteiger partial charge in [0.2, 0.25) is 0 Å². The summed E-state index contributed by atoms with van der Waals surface area (Å²) in [5.41, 5.74) is 0.218. The first-order valence-electron chi connectivity index (χ1n) is 4.84. The van der Waals surface area contributed by atoms with Gasteiger partial charge in [0.15, 0.2) is 0 Å². The maximum Gasteiger partial charge on any atom is 2.00 e. The summed E-state index contributed by atoms with van der Waals surface area (Å²) >= 11 is 0. The maximum atomic E-state index is 10.0. The molecule has 0 spiro atoms. The zero-order chi connectivity index (χ0) is 13.4. The van der Waals surface area contributed by atoms with E-state index in [-0.39, 0.29) is 60.3 Å². The Labute approximate surface area is 151 Å². The van der Waals surface area contributed by atoms with Gasteiger partial charge in [-0.3, -0.25) is 9.97 Å². The fourth-order valence-electron chi connectivity index (χ4n) is 0.967. The van der Waals surface area contributed by atoms with E-state index in [1.807, 2.05) is 0 Å². The van der Waals surface area contributed by atoms with E-state index in [2.05, 4.69) is 9.97 Å². The number of aromatic carboxylic acids is 2. The van der Waals surface area contributed by atoms with Crippen LogP contribution in [0.15, 0.2) is 49.1 Å². The van der Waals surface area contributed by atoms with Crippen LogP contribution in [0, 0.1) is 0 Å². The van der Waals surface area contributed by atoms with Crippen LogP contribution < -0.4 is 10.2 Å². The number of carboxylic acid groups (broad SMARTS) is 2. The first-order chi connectivity index (χ1) is 8.61. The molecular weight excluding hydrogens is 413 g/mol. The number of hydrogen-bond donors (Lipinski definition) is 0. The molecule has 0 radical (unpaired) electrons. The van der Waals surface area contributed by atoms with Gasteiger partial charge in [-0.2, -0.15) is 0 Å². The first kappa shape index (κ1) is 32.8. The van der Waals surface area contributed by atoms with Gasteiger partial charge < -0.3 is 41.7 Å². The summed E-state index contributed by atoms with van der Waals surface area (Å²) in [6, 6.07) is 5.96. The van der Waals surface area contributed by atoms with Gasteiger partial charge in [0.25, 0.3) is 0 Å². The smallest absolute Gasteiger partial charge is 0.545 e. The Hall–Kier alpha value is -2.00. The Morgan fingerprint density at radius 2 is 1.04 bits per heavy atom. The number of carboxylic acids is 2. The number of pyridine rings is 2. The molecule has 0 aliphatic rings. The Kier molecular flexibility index (Phi) is 25.8. The van der Waals surface area contributed by atoms with Gasteiger partial charge in [0, 0.05) is 35.9 Å². The molecule has 2 rings (SSSR count). The van der Waals surface area contributed by atoms with E-state index >= 15 is 0 Å². The van der Waals surface area contributed by atoms with Gasteiger partial charge in [0.05, 0.1) is 11.9 Å². The van der Waals surface area contributed by atoms with Crippen molar-refractivity contribution in [2.24, 2.45) is 0 Å². The van der Waals surface area contributed by atoms with Gasteiger partial charge in [-0.15, -0.1) is 0 Å². The molecule has 0 unspecified atom stereocenters. The standard InChI is InChI=1S/2C6H5NO2.Cd.4H2O/c2*8-6(9)5-2-1-3-7-4-5;;;;;/h2*1-4H,(H,8,9);;4*1H2/q;;+2;;;;/p+2. The molecule has 0 amide bonds. The largest absolute Gasteiger partial charge is 2.00 e. The molecule has 0 bridgehead atoms. The average Bonchev–Trinajstić information content (AvgIpc) is 2.41. The van der Waals surface area contributed by atoms with E-state index in [0.29, 0.717) is 0 Å². The summed E-state index contributed by atoms with van der Waals surface area (Å²) < 4.78 is 0. The van der Waals surface area contributed by atoms with Crippen LogP contribution >= 0.6 is 0 Å². The average molecular weight is 433 g/mol. The summed E-state index contributed by atoms with van der Waals surface area (Å²) in [6.07, 6.45) is 5.50. The molecule has 0 saturated heterocycles. The van der Waals surface area contributed by atoms with Crippen molar-refractivity contribution in [2.75, 3.05) is 0 Å². The van der Waals surface area contributed by atoms with E-state index in [4.69, 9.17) is 0 Å². The van der Waals surface area contributed by atoms with Crippen LogP contribution in [0.5, 0.6) is 0 Å². The zero-order valence-corrected chi connectivity index (χ0v) is 16.2. The third kappa shape index (κ3) is 13.4. The Morgan fingerprint density at radius 3 is 1.17 bits per heavy atom. The van der Waals surface area contributed by atoms with Gasteiger partial charge in [-0.05, 0) is 12.1 Å². The molecule has 0 aliphatic heterocycles. The Bertz CT molecular complexity index is 478. The molecule has 0 atom stereocenters. The molecule has 0 aromatic carbocycles. The van der Waals surface area contributed by atoms with Crippen LogP contribution in [-0.4, -0.2) is 21.9 Å². The minimum Gasteiger partial charge on any atom is -0.545 e. The number of rotatable bonds is 2. The predicted octanol–water partition coefficient (Wildman–Crippen LogP) is -4.80. The van der Waals surface area contributed by atoms with Crippen LogP contribution in [0.4, 0.5) is 0 Å². The first-order valence-corrected chi connectivity index (χ1v) is 4.84. The summed E-state index contributed by atoms with van der Waals surface area (Å²) in [4.78, 5) is 27.3. The van der Waals surface area contributed by atoms with Gasteiger partial charge in [0.1, 0.15) is 0 Å². The number of carbonyl (C=O) groups excluding carboxylic acids is 2. The second-order valence-electron chi connectivity index (χ2n) is 3.06. The van der Waals surface area contributed by atoms with Crippen molar-refractivity contribution in [1.82, 2.24) is 9.97 Å². The van der Waals surface area contributed by atoms with E-state index in [0.717, 1.165) is 0 Å². The van der Waals surface area contributed by atoms with Crippen LogP contribution in [-0.2, 0) is 49.2 Å². The van der Waals surface area contributed by atoms with Crippen molar-refractivity contribution in [1.29, 1.82) is 0 Å². The molecular formula is C12H20CdN2O8+4. The Morgan fingerprint density at radius 1 is 0.739 bits per heavy atom. The van der Waals surface area contributed by atoms with Crippen molar-refractivity contribution in [3.05, 3.63) is 60.2 Å². The minimum absolute atomic E-state index is 0. The van der Waals surface area contributed by atoms with E-state index in [9.17, 15) is 19.8 Å². The third-order valence-corrected chi connectivity index (χ3v) is 1.79. The SMILES string of the molecule is O=C([O-])c1cccnc1.O=C([O-])c1cccnc1.[Cd+2].[OH3+].[OH3+].[OH3+].[OH3+]. The molecule has 124 valence electrons. The second kappa shape index (κ2) is 18.1. The van der Waals surface area contributed by atoms with Crippen LogP contribution in [0.1, 0.15) is 20.7 Å². The minimum atomic E-state index is -1.19. The molecule has 12 N–H and O–H groups in total. The molecule has 10 nitrogen and oxygen atoms in total. The normalized spacial score (nSPS) is 6.96. The van der Waals surface area contributed by atoms with Crippen molar-refractivity contribution in [2.45, 2.75) is 0 Å². The number of carbonyl (C=O) groups is 2. The third-order valence-electron chi connectivity index (χ3n) is 1.79. The van der Waals surface area contributed by atoms with E-state index < -0.39 is 11.9 Å². The fourth-order valence-corrected chi connectivity index (χ4v) is 0.967. The maximum absolute atomic E-state index is 10.0. The van der Waals surface area contributed by atoms with Crippen molar-refractivity contribution in [3.63, 3.8) is 0 Å². The molecule has 23 heavy (non-hydrogen) atoms. The van der Waals surface area contributed by atoms with Crippen molar-refractivity contribution < 1.29 is 69.0 Å². The second-order valence-corrected chi connectivity index (χ2v) is 3.06. The molecule has 0 fully saturated rings. The van der Waals surface area contributed by atoms with Crippen LogP contribution in [0.25, 0.3) is 0 Å². The molecule has 0 saturated carbocycles. The summed E-state index contributed by atoms with van der Waals surface area (Å²) in [5.74, 6) is -2.38. The quantitative estimate of drug-likeness (QED) is 0.332. The monoisotopic (exact) mass is 434 g/mol. The number of aromatic nitrogens is 2.